The van der Waals surface area contributed by atoms with Crippen molar-refractivity contribution in [2.75, 3.05) is 38.6 Å². The molecular weight excluding hydrogens is 253 g/mol. The van der Waals surface area contributed by atoms with E-state index in [-0.39, 0.29) is 11.7 Å². The second-order valence-corrected chi connectivity index (χ2v) is 5.31. The van der Waals surface area contributed by atoms with Crippen molar-refractivity contribution in [3.63, 3.8) is 0 Å². The number of rotatable bonds is 4. The summed E-state index contributed by atoms with van der Waals surface area (Å²) in [5.74, 6) is 0.881. The Kier molecular flexibility index (Phi) is 4.40. The molecule has 0 bridgehead atoms. The first-order valence-electron chi connectivity index (χ1n) is 6.21. The molecule has 100 valence electrons. The molecule has 0 spiro atoms. The van der Waals surface area contributed by atoms with E-state index in [1.54, 1.807) is 12.3 Å². The molecule has 0 aliphatic carbocycles. The lowest BCUT2D eigenvalue weighted by Gasteiger charge is -2.23. The lowest BCUT2D eigenvalue weighted by atomic mass is 10.1. The summed E-state index contributed by atoms with van der Waals surface area (Å²) in [4.78, 5) is 8.33. The summed E-state index contributed by atoms with van der Waals surface area (Å²) < 4.78 is 14.1. The molecule has 18 heavy (non-hydrogen) atoms. The van der Waals surface area contributed by atoms with Crippen LogP contribution in [-0.4, -0.2) is 43.6 Å². The number of aromatic nitrogens is 1. The number of likely N-dealkylation sites (tertiary alicyclic amines) is 1. The second kappa shape index (κ2) is 5.85. The Hall–Kier alpha value is -0.870. The van der Waals surface area contributed by atoms with Gasteiger partial charge in [-0.1, -0.05) is 0 Å². The van der Waals surface area contributed by atoms with Crippen LogP contribution < -0.4 is 4.90 Å². The Labute approximate surface area is 113 Å². The summed E-state index contributed by atoms with van der Waals surface area (Å²) in [5.41, 5.74) is 0.511. The van der Waals surface area contributed by atoms with Crippen LogP contribution in [0.25, 0.3) is 0 Å². The van der Waals surface area contributed by atoms with E-state index in [2.05, 4.69) is 16.9 Å². The minimum atomic E-state index is -0.290. The van der Waals surface area contributed by atoms with Crippen molar-refractivity contribution < 1.29 is 4.39 Å². The fraction of sp³-hybridized carbons (Fsp3) is 0.615. The van der Waals surface area contributed by atoms with Gasteiger partial charge in [0.25, 0.3) is 0 Å². The van der Waals surface area contributed by atoms with Crippen LogP contribution in [0.3, 0.4) is 0 Å². The first kappa shape index (κ1) is 13.6. The van der Waals surface area contributed by atoms with E-state index < -0.39 is 0 Å². The van der Waals surface area contributed by atoms with Gasteiger partial charge in [-0.05, 0) is 32.0 Å². The molecule has 0 radical (unpaired) electrons. The quantitative estimate of drug-likeness (QED) is 0.784. The van der Waals surface area contributed by atoms with Gasteiger partial charge in [0.2, 0.25) is 0 Å². The molecule has 3 nitrogen and oxygen atoms in total. The summed E-state index contributed by atoms with van der Waals surface area (Å²) in [6.45, 7) is 3.03. The van der Waals surface area contributed by atoms with Crippen molar-refractivity contribution >= 4 is 17.4 Å². The van der Waals surface area contributed by atoms with Crippen LogP contribution in [0.2, 0.25) is 0 Å². The third-order valence-corrected chi connectivity index (χ3v) is 3.77. The zero-order chi connectivity index (χ0) is 13.1. The van der Waals surface area contributed by atoms with Crippen molar-refractivity contribution in [2.45, 2.75) is 12.3 Å². The Balaban J connectivity index is 2.06. The summed E-state index contributed by atoms with van der Waals surface area (Å²) in [7, 11) is 4.01. The molecule has 0 amide bonds. The van der Waals surface area contributed by atoms with E-state index in [0.717, 1.165) is 26.1 Å². The van der Waals surface area contributed by atoms with E-state index in [9.17, 15) is 4.39 Å². The van der Waals surface area contributed by atoms with Crippen molar-refractivity contribution in [1.82, 2.24) is 9.88 Å². The van der Waals surface area contributed by atoms with Gasteiger partial charge in [0, 0.05) is 31.9 Å². The van der Waals surface area contributed by atoms with Crippen LogP contribution in [-0.2, 0) is 5.88 Å². The molecule has 5 heteroatoms. The van der Waals surface area contributed by atoms with Gasteiger partial charge in [-0.25, -0.2) is 9.37 Å². The average molecular weight is 272 g/mol. The molecule has 1 aromatic heterocycles. The first-order valence-corrected chi connectivity index (χ1v) is 6.74. The molecule has 1 atom stereocenters. The molecule has 1 unspecified atom stereocenters. The number of alkyl halides is 1. The highest BCUT2D eigenvalue weighted by atomic mass is 35.5. The lowest BCUT2D eigenvalue weighted by Crippen LogP contribution is -2.28. The first-order chi connectivity index (χ1) is 8.61. The van der Waals surface area contributed by atoms with Gasteiger partial charge < -0.3 is 9.80 Å². The molecule has 0 aromatic carbocycles. The van der Waals surface area contributed by atoms with Crippen molar-refractivity contribution in [3.05, 3.63) is 23.6 Å². The van der Waals surface area contributed by atoms with Crippen molar-refractivity contribution in [1.29, 1.82) is 0 Å². The van der Waals surface area contributed by atoms with Gasteiger partial charge in [-0.15, -0.1) is 11.6 Å². The third-order valence-electron chi connectivity index (χ3n) is 3.48. The van der Waals surface area contributed by atoms with Gasteiger partial charge in [-0.2, -0.15) is 0 Å². The monoisotopic (exact) mass is 271 g/mol. The maximum atomic E-state index is 14.1. The molecule has 0 saturated carbocycles. The molecule has 1 aromatic rings. The largest absolute Gasteiger partial charge is 0.357 e. The standard InChI is InChI=1S/C13H19ClFN3/c1-17-6-4-10(8-17)9-18(2)13-12(15)11(7-14)3-5-16-13/h3,5,10H,4,6-9H2,1-2H3. The van der Waals surface area contributed by atoms with E-state index in [1.165, 1.54) is 0 Å². The Bertz CT molecular complexity index is 413. The van der Waals surface area contributed by atoms with Gasteiger partial charge in [0.1, 0.15) is 0 Å². The molecule has 1 fully saturated rings. The molecule has 2 heterocycles. The minimum absolute atomic E-state index is 0.182. The SMILES string of the molecule is CN1CCC(CN(C)c2nccc(CCl)c2F)C1. The van der Waals surface area contributed by atoms with Crippen molar-refractivity contribution in [2.24, 2.45) is 5.92 Å². The highest BCUT2D eigenvalue weighted by Crippen LogP contribution is 2.22. The van der Waals surface area contributed by atoms with E-state index in [1.807, 2.05) is 11.9 Å². The highest BCUT2D eigenvalue weighted by Gasteiger charge is 2.22. The van der Waals surface area contributed by atoms with E-state index in [4.69, 9.17) is 11.6 Å². The van der Waals surface area contributed by atoms with Crippen LogP contribution in [0.15, 0.2) is 12.3 Å². The highest BCUT2D eigenvalue weighted by molar-refractivity contribution is 6.17. The average Bonchev–Trinajstić information content (AvgIpc) is 2.75. The maximum absolute atomic E-state index is 14.1. The van der Waals surface area contributed by atoms with Crippen LogP contribution in [0, 0.1) is 11.7 Å². The predicted molar refractivity (Wildman–Crippen MR) is 72.6 cm³/mol. The summed E-state index contributed by atoms with van der Waals surface area (Å²) in [5, 5.41) is 0. The van der Waals surface area contributed by atoms with E-state index >= 15 is 0 Å². The third kappa shape index (κ3) is 2.93. The Morgan fingerprint density at radius 2 is 2.39 bits per heavy atom. The summed E-state index contributed by atoms with van der Waals surface area (Å²) in [6.07, 6.45) is 2.78. The summed E-state index contributed by atoms with van der Waals surface area (Å²) >= 11 is 5.71. The molecule has 0 N–H and O–H groups in total. The topological polar surface area (TPSA) is 19.4 Å². The smallest absolute Gasteiger partial charge is 0.170 e. The number of halogens is 2. The van der Waals surface area contributed by atoms with Crippen LogP contribution in [0.5, 0.6) is 0 Å². The fourth-order valence-electron chi connectivity index (χ4n) is 2.49. The minimum Gasteiger partial charge on any atom is -0.357 e. The molecule has 1 aliphatic rings. The van der Waals surface area contributed by atoms with Gasteiger partial charge in [-0.3, -0.25) is 0 Å². The Morgan fingerprint density at radius 1 is 1.61 bits per heavy atom. The van der Waals surface area contributed by atoms with Gasteiger partial charge >= 0.3 is 0 Å². The number of hydrogen-bond acceptors (Lipinski definition) is 3. The van der Waals surface area contributed by atoms with Gasteiger partial charge in [0.15, 0.2) is 11.6 Å². The predicted octanol–water partition coefficient (Wildman–Crippen LogP) is 2.35. The van der Waals surface area contributed by atoms with E-state index in [0.29, 0.717) is 17.3 Å². The zero-order valence-electron chi connectivity index (χ0n) is 10.9. The van der Waals surface area contributed by atoms with Crippen molar-refractivity contribution in [3.8, 4) is 0 Å². The lowest BCUT2D eigenvalue weighted by molar-refractivity contribution is 0.395. The van der Waals surface area contributed by atoms with Gasteiger partial charge in [0.05, 0.1) is 5.88 Å². The fourth-order valence-corrected chi connectivity index (χ4v) is 2.70. The zero-order valence-corrected chi connectivity index (χ0v) is 11.6. The second-order valence-electron chi connectivity index (χ2n) is 5.04. The normalized spacial score (nSPS) is 20.3. The number of nitrogens with zero attached hydrogens (tertiary/aromatic N) is 3. The number of pyridine rings is 1. The molecular formula is C13H19ClFN3. The summed E-state index contributed by atoms with van der Waals surface area (Å²) in [6, 6.07) is 1.63. The van der Waals surface area contributed by atoms with Crippen LogP contribution >= 0.6 is 11.6 Å². The maximum Gasteiger partial charge on any atom is 0.170 e. The molecule has 2 rings (SSSR count). The van der Waals surface area contributed by atoms with Crippen LogP contribution in [0.1, 0.15) is 12.0 Å². The van der Waals surface area contributed by atoms with Crippen LogP contribution in [0.4, 0.5) is 10.2 Å². The molecule has 1 aliphatic heterocycles. The Morgan fingerprint density at radius 3 is 3.00 bits per heavy atom. The number of anilines is 1. The number of hydrogen-bond donors (Lipinski definition) is 0. The molecule has 1 saturated heterocycles.